The minimum Gasteiger partial charge on any atom is -0.298 e. The third-order valence-electron chi connectivity index (χ3n) is 2.22. The van der Waals surface area contributed by atoms with Crippen LogP contribution in [0.1, 0.15) is 22.0 Å². The van der Waals surface area contributed by atoms with Gasteiger partial charge in [0.15, 0.2) is 6.29 Å². The van der Waals surface area contributed by atoms with Crippen molar-refractivity contribution in [2.45, 2.75) is 13.8 Å². The first-order valence-electron chi connectivity index (χ1n) is 4.77. The molecule has 4 nitrogen and oxygen atoms in total. The van der Waals surface area contributed by atoms with Crippen LogP contribution in [0.15, 0.2) is 22.7 Å². The summed E-state index contributed by atoms with van der Waals surface area (Å²) in [6.45, 7) is 3.68. The number of benzene rings is 1. The minimum absolute atomic E-state index is 0.586. The number of hydrogen-bond donors (Lipinski definition) is 0. The third-order valence-corrected chi connectivity index (χ3v) is 2.71. The van der Waals surface area contributed by atoms with Crippen LogP contribution in [0.25, 0.3) is 5.69 Å². The predicted molar refractivity (Wildman–Crippen MR) is 63.9 cm³/mol. The Kier molecular flexibility index (Phi) is 2.87. The molecule has 1 heterocycles. The van der Waals surface area contributed by atoms with E-state index in [1.807, 2.05) is 26.0 Å². The van der Waals surface area contributed by atoms with Gasteiger partial charge in [-0.25, -0.2) is 9.67 Å². The molecule has 2 aromatic rings. The molecule has 0 spiro atoms. The molecule has 0 unspecified atom stereocenters. The van der Waals surface area contributed by atoms with Gasteiger partial charge >= 0.3 is 0 Å². The Labute approximate surface area is 101 Å². The highest BCUT2D eigenvalue weighted by Gasteiger charge is 2.09. The second kappa shape index (κ2) is 4.17. The van der Waals surface area contributed by atoms with E-state index in [9.17, 15) is 4.79 Å². The van der Waals surface area contributed by atoms with Crippen LogP contribution in [-0.4, -0.2) is 21.1 Å². The molecule has 0 fully saturated rings. The summed E-state index contributed by atoms with van der Waals surface area (Å²) < 4.78 is 2.54. The quantitative estimate of drug-likeness (QED) is 0.794. The minimum atomic E-state index is 0.586. The van der Waals surface area contributed by atoms with Crippen molar-refractivity contribution in [1.29, 1.82) is 0 Å². The maximum atomic E-state index is 11.0. The van der Waals surface area contributed by atoms with Crippen molar-refractivity contribution in [3.8, 4) is 5.69 Å². The average molecular weight is 280 g/mol. The van der Waals surface area contributed by atoms with Gasteiger partial charge in [0.05, 0.1) is 5.69 Å². The zero-order valence-electron chi connectivity index (χ0n) is 8.94. The maximum absolute atomic E-state index is 11.0. The molecule has 0 atom stereocenters. The standard InChI is InChI=1S/C11H10BrN3O/c1-7-13-8(2)15(14-7)11-4-3-10(12)5-9(11)6-16/h3-6H,1-2H3. The summed E-state index contributed by atoms with van der Waals surface area (Å²) in [4.78, 5) is 15.2. The fraction of sp³-hybridized carbons (Fsp3) is 0.182. The Morgan fingerprint density at radius 1 is 1.38 bits per heavy atom. The number of halogens is 1. The van der Waals surface area contributed by atoms with Crippen LogP contribution >= 0.6 is 15.9 Å². The van der Waals surface area contributed by atoms with Gasteiger partial charge in [0.25, 0.3) is 0 Å². The normalized spacial score (nSPS) is 10.4. The molecule has 82 valence electrons. The van der Waals surface area contributed by atoms with E-state index in [2.05, 4.69) is 26.0 Å². The number of carbonyl (C=O) groups excluding carboxylic acids is 1. The Bertz CT molecular complexity index is 548. The van der Waals surface area contributed by atoms with Crippen LogP contribution in [0.3, 0.4) is 0 Å². The van der Waals surface area contributed by atoms with E-state index in [4.69, 9.17) is 0 Å². The van der Waals surface area contributed by atoms with Crippen LogP contribution in [0.4, 0.5) is 0 Å². The maximum Gasteiger partial charge on any atom is 0.152 e. The van der Waals surface area contributed by atoms with Gasteiger partial charge in [-0.2, -0.15) is 5.10 Å². The van der Waals surface area contributed by atoms with Crippen LogP contribution in [0.2, 0.25) is 0 Å². The highest BCUT2D eigenvalue weighted by molar-refractivity contribution is 9.10. The van der Waals surface area contributed by atoms with Crippen molar-refractivity contribution in [2.24, 2.45) is 0 Å². The van der Waals surface area contributed by atoms with Crippen molar-refractivity contribution in [1.82, 2.24) is 14.8 Å². The van der Waals surface area contributed by atoms with Crippen LogP contribution in [-0.2, 0) is 0 Å². The van der Waals surface area contributed by atoms with E-state index in [1.54, 1.807) is 10.7 Å². The molecular formula is C11H10BrN3O. The monoisotopic (exact) mass is 279 g/mol. The highest BCUT2D eigenvalue weighted by Crippen LogP contribution is 2.19. The summed E-state index contributed by atoms with van der Waals surface area (Å²) in [5.41, 5.74) is 1.33. The molecule has 0 amide bonds. The molecule has 2 rings (SSSR count). The van der Waals surface area contributed by atoms with Crippen LogP contribution < -0.4 is 0 Å². The summed E-state index contributed by atoms with van der Waals surface area (Å²) in [5.74, 6) is 1.46. The van der Waals surface area contributed by atoms with Gasteiger partial charge in [-0.3, -0.25) is 4.79 Å². The van der Waals surface area contributed by atoms with Crippen molar-refractivity contribution >= 4 is 22.2 Å². The molecule has 0 radical (unpaired) electrons. The highest BCUT2D eigenvalue weighted by atomic mass is 79.9. The Morgan fingerprint density at radius 2 is 2.12 bits per heavy atom. The molecule has 16 heavy (non-hydrogen) atoms. The second-order valence-electron chi connectivity index (χ2n) is 3.44. The lowest BCUT2D eigenvalue weighted by Crippen LogP contribution is -2.03. The molecule has 0 aliphatic rings. The summed E-state index contributed by atoms with van der Waals surface area (Å²) >= 11 is 3.33. The molecule has 0 bridgehead atoms. The van der Waals surface area contributed by atoms with Gasteiger partial charge < -0.3 is 0 Å². The van der Waals surface area contributed by atoms with Gasteiger partial charge in [-0.05, 0) is 32.0 Å². The molecule has 0 N–H and O–H groups in total. The molecular weight excluding hydrogens is 270 g/mol. The van der Waals surface area contributed by atoms with Crippen molar-refractivity contribution in [3.63, 3.8) is 0 Å². The lowest BCUT2D eigenvalue weighted by atomic mass is 10.2. The number of aromatic nitrogens is 3. The first-order chi connectivity index (χ1) is 7.61. The summed E-state index contributed by atoms with van der Waals surface area (Å²) in [7, 11) is 0. The SMILES string of the molecule is Cc1nc(C)n(-c2ccc(Br)cc2C=O)n1. The van der Waals surface area contributed by atoms with E-state index in [1.165, 1.54) is 0 Å². The number of nitrogens with zero attached hydrogens (tertiary/aromatic N) is 3. The number of carbonyl (C=O) groups is 1. The topological polar surface area (TPSA) is 47.8 Å². The Hall–Kier alpha value is -1.49. The first kappa shape index (κ1) is 11.0. The lowest BCUT2D eigenvalue weighted by Gasteiger charge is -2.06. The summed E-state index contributed by atoms with van der Waals surface area (Å²) in [6.07, 6.45) is 0.816. The van der Waals surface area contributed by atoms with Gasteiger partial charge in [0, 0.05) is 10.0 Å². The van der Waals surface area contributed by atoms with Crippen LogP contribution in [0.5, 0.6) is 0 Å². The van der Waals surface area contributed by atoms with Gasteiger partial charge in [0.2, 0.25) is 0 Å². The van der Waals surface area contributed by atoms with Crippen molar-refractivity contribution in [2.75, 3.05) is 0 Å². The molecule has 0 aliphatic carbocycles. The van der Waals surface area contributed by atoms with E-state index in [0.29, 0.717) is 11.4 Å². The van der Waals surface area contributed by atoms with E-state index < -0.39 is 0 Å². The first-order valence-corrected chi connectivity index (χ1v) is 5.56. The zero-order valence-corrected chi connectivity index (χ0v) is 10.5. The molecule has 0 saturated heterocycles. The zero-order chi connectivity index (χ0) is 11.7. The van der Waals surface area contributed by atoms with Gasteiger partial charge in [-0.1, -0.05) is 15.9 Å². The van der Waals surface area contributed by atoms with Gasteiger partial charge in [-0.15, -0.1) is 0 Å². The predicted octanol–water partition coefficient (Wildman–Crippen LogP) is 2.46. The molecule has 1 aromatic carbocycles. The number of rotatable bonds is 2. The largest absolute Gasteiger partial charge is 0.298 e. The van der Waals surface area contributed by atoms with Crippen LogP contribution in [0, 0.1) is 13.8 Å². The average Bonchev–Trinajstić information content (AvgIpc) is 2.57. The second-order valence-corrected chi connectivity index (χ2v) is 4.35. The number of aldehydes is 1. The fourth-order valence-corrected chi connectivity index (χ4v) is 1.94. The fourth-order valence-electron chi connectivity index (χ4n) is 1.56. The third kappa shape index (κ3) is 1.90. The van der Waals surface area contributed by atoms with E-state index in [-0.39, 0.29) is 0 Å². The lowest BCUT2D eigenvalue weighted by molar-refractivity contribution is 0.112. The Balaban J connectivity index is 2.63. The van der Waals surface area contributed by atoms with Crippen molar-refractivity contribution < 1.29 is 4.79 Å². The molecule has 5 heteroatoms. The molecule has 1 aromatic heterocycles. The summed E-state index contributed by atoms with van der Waals surface area (Å²) in [6, 6.07) is 5.48. The number of hydrogen-bond acceptors (Lipinski definition) is 3. The van der Waals surface area contributed by atoms with Gasteiger partial charge in [0.1, 0.15) is 11.6 Å². The van der Waals surface area contributed by atoms with E-state index in [0.717, 1.165) is 22.3 Å². The summed E-state index contributed by atoms with van der Waals surface area (Å²) in [5, 5.41) is 4.25. The molecule has 0 aliphatic heterocycles. The number of aryl methyl sites for hydroxylation is 2. The van der Waals surface area contributed by atoms with E-state index >= 15 is 0 Å². The Morgan fingerprint density at radius 3 is 2.69 bits per heavy atom. The molecule has 0 saturated carbocycles. The smallest absolute Gasteiger partial charge is 0.152 e. The van der Waals surface area contributed by atoms with Crippen molar-refractivity contribution in [3.05, 3.63) is 39.9 Å².